The number of carbonyl (C=O) groups is 1. The number of anilines is 1. The maximum absolute atomic E-state index is 11.5. The Bertz CT molecular complexity index is 706. The fraction of sp³-hybridized carbons (Fsp3) is 0.214. The van der Waals surface area contributed by atoms with Gasteiger partial charge >= 0.3 is 6.16 Å². The second-order valence-electron chi connectivity index (χ2n) is 4.24. The normalized spacial score (nSPS) is 10.3. The molecule has 0 aliphatic carbocycles. The molecule has 0 aromatic carbocycles. The van der Waals surface area contributed by atoms with Crippen molar-refractivity contribution in [2.75, 3.05) is 12.3 Å². The zero-order chi connectivity index (χ0) is 15.4. The third kappa shape index (κ3) is 2.86. The number of aromatic nitrogens is 3. The van der Waals surface area contributed by atoms with Gasteiger partial charge in [0, 0.05) is 0 Å². The predicted molar refractivity (Wildman–Crippen MR) is 79.0 cm³/mol. The van der Waals surface area contributed by atoms with E-state index in [4.69, 9.17) is 15.2 Å². The summed E-state index contributed by atoms with van der Waals surface area (Å²) in [5.74, 6) is 0.176. The number of pyridine rings is 1. The van der Waals surface area contributed by atoms with E-state index >= 15 is 0 Å². The van der Waals surface area contributed by atoms with Crippen LogP contribution >= 0.6 is 0 Å². The van der Waals surface area contributed by atoms with Gasteiger partial charge in [-0.15, -0.1) is 6.58 Å². The number of rotatable bonds is 5. The Balaban J connectivity index is 2.39. The number of nitrogen functional groups attached to an aromatic ring is 1. The van der Waals surface area contributed by atoms with Crippen LogP contribution in [0, 0.1) is 6.92 Å². The van der Waals surface area contributed by atoms with Gasteiger partial charge in [0.15, 0.2) is 11.4 Å². The van der Waals surface area contributed by atoms with Crippen LogP contribution in [0.1, 0.15) is 5.69 Å². The highest BCUT2D eigenvalue weighted by Crippen LogP contribution is 2.32. The summed E-state index contributed by atoms with van der Waals surface area (Å²) in [5, 5.41) is 4.78. The topological polar surface area (TPSA) is 92.3 Å². The van der Waals surface area contributed by atoms with Gasteiger partial charge < -0.3 is 15.2 Å². The van der Waals surface area contributed by atoms with E-state index in [0.29, 0.717) is 29.0 Å². The van der Waals surface area contributed by atoms with E-state index in [0.717, 1.165) is 0 Å². The van der Waals surface area contributed by atoms with Crippen molar-refractivity contribution in [3.8, 4) is 5.75 Å². The molecule has 2 heterocycles. The lowest BCUT2D eigenvalue weighted by Crippen LogP contribution is -2.13. The third-order valence-electron chi connectivity index (χ3n) is 2.76. The number of hydrogen-bond donors (Lipinski definition) is 1. The molecule has 2 rings (SSSR count). The molecule has 7 nitrogen and oxygen atoms in total. The van der Waals surface area contributed by atoms with E-state index in [1.165, 1.54) is 6.08 Å². The van der Waals surface area contributed by atoms with Crippen molar-refractivity contribution in [3.63, 3.8) is 0 Å². The van der Waals surface area contributed by atoms with Crippen molar-refractivity contribution in [2.24, 2.45) is 0 Å². The largest absolute Gasteiger partial charge is 0.514 e. The Morgan fingerprint density at radius 2 is 2.24 bits per heavy atom. The minimum Gasteiger partial charge on any atom is -0.430 e. The molecule has 21 heavy (non-hydrogen) atoms. The zero-order valence-corrected chi connectivity index (χ0v) is 11.7. The monoisotopic (exact) mass is 288 g/mol. The van der Waals surface area contributed by atoms with Crippen LogP contribution in [0.25, 0.3) is 11.0 Å². The molecule has 0 unspecified atom stereocenters. The van der Waals surface area contributed by atoms with Gasteiger partial charge in [-0.25, -0.2) is 14.5 Å². The van der Waals surface area contributed by atoms with Gasteiger partial charge in [0.05, 0.1) is 29.5 Å². The second kappa shape index (κ2) is 6.08. The van der Waals surface area contributed by atoms with Crippen molar-refractivity contribution in [1.29, 1.82) is 0 Å². The molecule has 0 aliphatic rings. The highest BCUT2D eigenvalue weighted by Gasteiger charge is 2.18. The highest BCUT2D eigenvalue weighted by molar-refractivity contribution is 5.92. The molecule has 0 aliphatic heterocycles. The highest BCUT2D eigenvalue weighted by atomic mass is 16.7. The van der Waals surface area contributed by atoms with Gasteiger partial charge in [0.25, 0.3) is 0 Å². The van der Waals surface area contributed by atoms with E-state index < -0.39 is 6.16 Å². The van der Waals surface area contributed by atoms with Crippen molar-refractivity contribution < 1.29 is 14.3 Å². The third-order valence-corrected chi connectivity index (χ3v) is 2.76. The number of hydrogen-bond acceptors (Lipinski definition) is 6. The average molecular weight is 288 g/mol. The fourth-order valence-electron chi connectivity index (χ4n) is 1.84. The molecule has 0 saturated heterocycles. The van der Waals surface area contributed by atoms with E-state index in [-0.39, 0.29) is 12.4 Å². The molecule has 0 fully saturated rings. The minimum absolute atomic E-state index is 0.0602. The van der Waals surface area contributed by atoms with Gasteiger partial charge in [-0.1, -0.05) is 18.7 Å². The summed E-state index contributed by atoms with van der Waals surface area (Å²) in [6.45, 7) is 9.37. The molecule has 2 N–H and O–H groups in total. The van der Waals surface area contributed by atoms with Crippen LogP contribution in [-0.4, -0.2) is 27.5 Å². The zero-order valence-electron chi connectivity index (χ0n) is 11.7. The van der Waals surface area contributed by atoms with Gasteiger partial charge in [-0.3, -0.25) is 0 Å². The molecule has 0 atom stereocenters. The molecule has 2 aromatic rings. The van der Waals surface area contributed by atoms with Crippen LogP contribution < -0.4 is 10.5 Å². The SMILES string of the molecule is C=CCOC(=O)Oc1c(C)nc2c(cnn2CC=C)c1N. The lowest BCUT2D eigenvalue weighted by Gasteiger charge is -2.10. The van der Waals surface area contributed by atoms with Crippen molar-refractivity contribution in [3.05, 3.63) is 37.2 Å². The van der Waals surface area contributed by atoms with E-state index in [2.05, 4.69) is 23.2 Å². The summed E-state index contributed by atoms with van der Waals surface area (Å²) < 4.78 is 11.5. The minimum atomic E-state index is -0.857. The summed E-state index contributed by atoms with van der Waals surface area (Å²) in [4.78, 5) is 15.9. The summed E-state index contributed by atoms with van der Waals surface area (Å²) in [6, 6.07) is 0. The average Bonchev–Trinajstić information content (AvgIpc) is 2.85. The molecule has 0 spiro atoms. The van der Waals surface area contributed by atoms with Gasteiger partial charge in [-0.05, 0) is 6.92 Å². The first kappa shape index (κ1) is 14.6. The molecule has 0 bridgehead atoms. The molecule has 0 radical (unpaired) electrons. The van der Waals surface area contributed by atoms with Gasteiger partial charge in [0.1, 0.15) is 6.61 Å². The summed E-state index contributed by atoms with van der Waals surface area (Å²) in [6.07, 6.45) is 3.86. The quantitative estimate of drug-likeness (QED) is 0.670. The lowest BCUT2D eigenvalue weighted by atomic mass is 10.2. The van der Waals surface area contributed by atoms with E-state index in [1.54, 1.807) is 23.9 Å². The molecule has 7 heteroatoms. The Morgan fingerprint density at radius 1 is 1.48 bits per heavy atom. The predicted octanol–water partition coefficient (Wildman–Crippen LogP) is 2.21. The Morgan fingerprint density at radius 3 is 2.90 bits per heavy atom. The van der Waals surface area contributed by atoms with Crippen molar-refractivity contribution in [1.82, 2.24) is 14.8 Å². The first-order valence-electron chi connectivity index (χ1n) is 6.26. The Kier molecular flexibility index (Phi) is 4.22. The Labute approximate surface area is 121 Å². The number of allylic oxidation sites excluding steroid dienone is 1. The number of aryl methyl sites for hydroxylation is 1. The van der Waals surface area contributed by atoms with Gasteiger partial charge in [-0.2, -0.15) is 5.10 Å². The number of fused-ring (bicyclic) bond motifs is 1. The number of ether oxygens (including phenoxy) is 2. The molecule has 2 aromatic heterocycles. The van der Waals surface area contributed by atoms with E-state index in [1.807, 2.05) is 0 Å². The summed E-state index contributed by atoms with van der Waals surface area (Å²) >= 11 is 0. The Hall–Kier alpha value is -2.83. The number of carbonyl (C=O) groups excluding carboxylic acids is 1. The lowest BCUT2D eigenvalue weighted by molar-refractivity contribution is 0.109. The van der Waals surface area contributed by atoms with Crippen molar-refractivity contribution in [2.45, 2.75) is 13.5 Å². The summed E-state index contributed by atoms with van der Waals surface area (Å²) in [7, 11) is 0. The fourth-order valence-corrected chi connectivity index (χ4v) is 1.84. The van der Waals surface area contributed by atoms with E-state index in [9.17, 15) is 4.79 Å². The molecule has 0 saturated carbocycles. The smallest absolute Gasteiger partial charge is 0.430 e. The van der Waals surface area contributed by atoms with Crippen LogP contribution in [0.3, 0.4) is 0 Å². The van der Waals surface area contributed by atoms with Crippen LogP contribution in [0.4, 0.5) is 10.5 Å². The molecular weight excluding hydrogens is 272 g/mol. The molecular formula is C14H16N4O3. The molecule has 0 amide bonds. The standard InChI is InChI=1S/C14H16N4O3/c1-4-6-18-13-10(8-16-18)11(15)12(9(3)17-13)21-14(19)20-7-5-2/h4-5,8H,1-2,6-7H2,3H3,(H2,15,17). The van der Waals surface area contributed by atoms with Crippen LogP contribution in [0.5, 0.6) is 5.75 Å². The number of nitrogens with two attached hydrogens (primary N) is 1. The van der Waals surface area contributed by atoms with Crippen LogP contribution in [0.2, 0.25) is 0 Å². The maximum Gasteiger partial charge on any atom is 0.514 e. The maximum atomic E-state index is 11.5. The van der Waals surface area contributed by atoms with Gasteiger partial charge in [0.2, 0.25) is 0 Å². The summed E-state index contributed by atoms with van der Waals surface area (Å²) in [5.41, 5.74) is 7.41. The second-order valence-corrected chi connectivity index (χ2v) is 4.24. The van der Waals surface area contributed by atoms with Crippen LogP contribution in [-0.2, 0) is 11.3 Å². The van der Waals surface area contributed by atoms with Crippen LogP contribution in [0.15, 0.2) is 31.5 Å². The first-order chi connectivity index (χ1) is 10.1. The van der Waals surface area contributed by atoms with Crippen molar-refractivity contribution >= 4 is 22.9 Å². The first-order valence-corrected chi connectivity index (χ1v) is 6.26. The number of nitrogens with zero attached hydrogens (tertiary/aromatic N) is 3. The molecule has 110 valence electrons.